The average molecular weight is 274 g/mol. The first-order valence-electron chi connectivity index (χ1n) is 7.76. The van der Waals surface area contributed by atoms with Gasteiger partial charge in [0.25, 0.3) is 0 Å². The number of hydrogen-bond acceptors (Lipinski definition) is 2. The Bertz CT molecular complexity index is 441. The lowest BCUT2D eigenvalue weighted by Gasteiger charge is -2.22. The van der Waals surface area contributed by atoms with E-state index < -0.39 is 0 Å². The third-order valence-electron chi connectivity index (χ3n) is 4.22. The van der Waals surface area contributed by atoms with Crippen LogP contribution in [-0.4, -0.2) is 23.9 Å². The zero-order valence-electron chi connectivity index (χ0n) is 12.6. The molecule has 0 radical (unpaired) electrons. The smallest absolute Gasteiger partial charge is 0.222 e. The molecule has 2 rings (SSSR count). The highest BCUT2D eigenvalue weighted by Gasteiger charge is 2.29. The second-order valence-corrected chi connectivity index (χ2v) is 5.86. The van der Waals surface area contributed by atoms with Crippen LogP contribution < -0.4 is 5.73 Å². The molecule has 1 heterocycles. The van der Waals surface area contributed by atoms with Gasteiger partial charge in [-0.15, -0.1) is 0 Å². The highest BCUT2D eigenvalue weighted by molar-refractivity contribution is 5.78. The van der Waals surface area contributed by atoms with E-state index in [0.717, 1.165) is 31.4 Å². The summed E-state index contributed by atoms with van der Waals surface area (Å²) in [6, 6.07) is 8.35. The maximum Gasteiger partial charge on any atom is 0.222 e. The first-order valence-corrected chi connectivity index (χ1v) is 7.76. The largest absolute Gasteiger partial charge is 0.340 e. The summed E-state index contributed by atoms with van der Waals surface area (Å²) in [7, 11) is 0. The minimum atomic E-state index is -0.0785. The van der Waals surface area contributed by atoms with Gasteiger partial charge in [-0.3, -0.25) is 4.79 Å². The van der Waals surface area contributed by atoms with Crippen LogP contribution in [-0.2, 0) is 11.2 Å². The Balaban J connectivity index is 1.93. The van der Waals surface area contributed by atoms with Gasteiger partial charge in [0, 0.05) is 25.6 Å². The standard InChI is InChI=1S/C17H26N2O/c1-3-5-14-10-17(20)19(11-14)12-16(18)15-8-6-13(4-2)7-9-15/h6-9,14,16H,3-5,10-12,18H2,1-2H3. The Hall–Kier alpha value is -1.35. The van der Waals surface area contributed by atoms with Gasteiger partial charge in [-0.05, 0) is 29.9 Å². The van der Waals surface area contributed by atoms with E-state index in [0.29, 0.717) is 18.9 Å². The SMILES string of the molecule is CCCC1CC(=O)N(CC(N)c2ccc(CC)cc2)C1. The fourth-order valence-corrected chi connectivity index (χ4v) is 2.98. The van der Waals surface area contributed by atoms with Crippen molar-refractivity contribution in [3.8, 4) is 0 Å². The summed E-state index contributed by atoms with van der Waals surface area (Å²) >= 11 is 0. The van der Waals surface area contributed by atoms with E-state index in [1.807, 2.05) is 4.90 Å². The van der Waals surface area contributed by atoms with E-state index in [1.54, 1.807) is 0 Å². The molecule has 3 heteroatoms. The number of aryl methyl sites for hydroxylation is 1. The van der Waals surface area contributed by atoms with Gasteiger partial charge in [0.1, 0.15) is 0 Å². The quantitative estimate of drug-likeness (QED) is 0.867. The summed E-state index contributed by atoms with van der Waals surface area (Å²) in [5.41, 5.74) is 8.69. The molecule has 0 saturated carbocycles. The maximum atomic E-state index is 12.0. The van der Waals surface area contributed by atoms with Gasteiger partial charge in [0.15, 0.2) is 0 Å². The van der Waals surface area contributed by atoms with Crippen molar-refractivity contribution in [3.63, 3.8) is 0 Å². The van der Waals surface area contributed by atoms with Crippen molar-refractivity contribution in [2.24, 2.45) is 11.7 Å². The van der Waals surface area contributed by atoms with Gasteiger partial charge >= 0.3 is 0 Å². The van der Waals surface area contributed by atoms with Crippen LogP contribution in [0.25, 0.3) is 0 Å². The Morgan fingerprint density at radius 2 is 2.00 bits per heavy atom. The van der Waals surface area contributed by atoms with Crippen molar-refractivity contribution in [2.75, 3.05) is 13.1 Å². The first kappa shape index (κ1) is 15.0. The van der Waals surface area contributed by atoms with Crippen LogP contribution >= 0.6 is 0 Å². The molecule has 1 saturated heterocycles. The summed E-state index contributed by atoms with van der Waals surface area (Å²) < 4.78 is 0. The van der Waals surface area contributed by atoms with Crippen molar-refractivity contribution in [1.29, 1.82) is 0 Å². The molecule has 1 fully saturated rings. The highest BCUT2D eigenvalue weighted by Crippen LogP contribution is 2.24. The lowest BCUT2D eigenvalue weighted by atomic mass is 10.0. The summed E-state index contributed by atoms with van der Waals surface area (Å²) in [6.45, 7) is 5.85. The zero-order valence-corrected chi connectivity index (χ0v) is 12.6. The van der Waals surface area contributed by atoms with Crippen LogP contribution in [0.5, 0.6) is 0 Å². The van der Waals surface area contributed by atoms with Crippen molar-refractivity contribution >= 4 is 5.91 Å². The normalized spacial score (nSPS) is 20.4. The van der Waals surface area contributed by atoms with Gasteiger partial charge in [-0.1, -0.05) is 44.5 Å². The number of carbonyl (C=O) groups is 1. The third kappa shape index (κ3) is 3.60. The Labute approximate surface area is 122 Å². The average Bonchev–Trinajstić information content (AvgIpc) is 2.79. The lowest BCUT2D eigenvalue weighted by Crippen LogP contribution is -2.33. The summed E-state index contributed by atoms with van der Waals surface area (Å²) in [5.74, 6) is 0.797. The Morgan fingerprint density at radius 3 is 2.60 bits per heavy atom. The number of benzene rings is 1. The van der Waals surface area contributed by atoms with Gasteiger partial charge < -0.3 is 10.6 Å². The fraction of sp³-hybridized carbons (Fsp3) is 0.588. The molecule has 1 amide bonds. The van der Waals surface area contributed by atoms with E-state index in [9.17, 15) is 4.79 Å². The molecule has 0 spiro atoms. The molecule has 2 N–H and O–H groups in total. The van der Waals surface area contributed by atoms with Gasteiger partial charge in [0.2, 0.25) is 5.91 Å². The van der Waals surface area contributed by atoms with Crippen molar-refractivity contribution in [3.05, 3.63) is 35.4 Å². The number of rotatable bonds is 6. The van der Waals surface area contributed by atoms with E-state index in [4.69, 9.17) is 5.73 Å². The summed E-state index contributed by atoms with van der Waals surface area (Å²) in [5, 5.41) is 0. The predicted molar refractivity (Wildman–Crippen MR) is 82.3 cm³/mol. The third-order valence-corrected chi connectivity index (χ3v) is 4.22. The van der Waals surface area contributed by atoms with Crippen LogP contribution in [0.1, 0.15) is 50.3 Å². The molecule has 1 aromatic rings. The molecule has 2 unspecified atom stereocenters. The van der Waals surface area contributed by atoms with Crippen LogP contribution in [0, 0.1) is 5.92 Å². The molecule has 0 aliphatic carbocycles. The number of nitrogens with two attached hydrogens (primary N) is 1. The second kappa shape index (κ2) is 6.89. The van der Waals surface area contributed by atoms with Gasteiger partial charge in [0.05, 0.1) is 0 Å². The van der Waals surface area contributed by atoms with E-state index in [1.165, 1.54) is 5.56 Å². The minimum absolute atomic E-state index is 0.0785. The number of likely N-dealkylation sites (tertiary alicyclic amines) is 1. The van der Waals surface area contributed by atoms with Gasteiger partial charge in [-0.25, -0.2) is 0 Å². The van der Waals surface area contributed by atoms with Crippen molar-refractivity contribution in [2.45, 2.75) is 45.6 Å². The van der Waals surface area contributed by atoms with Crippen molar-refractivity contribution < 1.29 is 4.79 Å². The maximum absolute atomic E-state index is 12.0. The minimum Gasteiger partial charge on any atom is -0.340 e. The van der Waals surface area contributed by atoms with Crippen LogP contribution in [0.15, 0.2) is 24.3 Å². The van der Waals surface area contributed by atoms with E-state index >= 15 is 0 Å². The molecule has 1 aromatic carbocycles. The van der Waals surface area contributed by atoms with E-state index in [-0.39, 0.29) is 11.9 Å². The Morgan fingerprint density at radius 1 is 1.30 bits per heavy atom. The van der Waals surface area contributed by atoms with Crippen molar-refractivity contribution in [1.82, 2.24) is 4.90 Å². The predicted octanol–water partition coefficient (Wildman–Crippen LogP) is 2.90. The molecule has 2 atom stereocenters. The molecule has 1 aliphatic heterocycles. The monoisotopic (exact) mass is 274 g/mol. The highest BCUT2D eigenvalue weighted by atomic mass is 16.2. The van der Waals surface area contributed by atoms with Crippen LogP contribution in [0.4, 0.5) is 0 Å². The molecule has 0 bridgehead atoms. The molecule has 20 heavy (non-hydrogen) atoms. The van der Waals surface area contributed by atoms with E-state index in [2.05, 4.69) is 38.1 Å². The number of carbonyl (C=O) groups excluding carboxylic acids is 1. The molecule has 110 valence electrons. The van der Waals surface area contributed by atoms with Gasteiger partial charge in [-0.2, -0.15) is 0 Å². The molecular formula is C17H26N2O. The van der Waals surface area contributed by atoms with Crippen LogP contribution in [0.2, 0.25) is 0 Å². The molecule has 3 nitrogen and oxygen atoms in total. The Kier molecular flexibility index (Phi) is 5.18. The number of amides is 1. The van der Waals surface area contributed by atoms with Crippen LogP contribution in [0.3, 0.4) is 0 Å². The molecular weight excluding hydrogens is 248 g/mol. The summed E-state index contributed by atoms with van der Waals surface area (Å²) in [4.78, 5) is 13.9. The number of hydrogen-bond donors (Lipinski definition) is 1. The summed E-state index contributed by atoms with van der Waals surface area (Å²) in [6.07, 6.45) is 4.03. The topological polar surface area (TPSA) is 46.3 Å². The fourth-order valence-electron chi connectivity index (χ4n) is 2.98. The zero-order chi connectivity index (χ0) is 14.5. The lowest BCUT2D eigenvalue weighted by molar-refractivity contribution is -0.127. The first-order chi connectivity index (χ1) is 9.63. The molecule has 0 aromatic heterocycles. The molecule has 1 aliphatic rings. The second-order valence-electron chi connectivity index (χ2n) is 5.86. The number of nitrogens with zero attached hydrogens (tertiary/aromatic N) is 1.